The van der Waals surface area contributed by atoms with Crippen LogP contribution in [0.5, 0.6) is 5.75 Å². The zero-order valence-corrected chi connectivity index (χ0v) is 11.6. The molecule has 0 heterocycles. The second-order valence-electron chi connectivity index (χ2n) is 4.35. The molecule has 2 nitrogen and oxygen atoms in total. The lowest BCUT2D eigenvalue weighted by Crippen LogP contribution is -1.86. The van der Waals surface area contributed by atoms with Gasteiger partial charge >= 0.3 is 8.69 Å². The number of hydrogen-bond donors (Lipinski definition) is 0. The van der Waals surface area contributed by atoms with Gasteiger partial charge in [-0.2, -0.15) is 0 Å². The number of benzene rings is 1. The molecule has 0 aliphatic rings. The van der Waals surface area contributed by atoms with E-state index in [2.05, 4.69) is 19.1 Å². The molecule has 0 saturated heterocycles. The van der Waals surface area contributed by atoms with E-state index in [4.69, 9.17) is 4.52 Å². The lowest BCUT2D eigenvalue weighted by atomic mass is 10.1. The number of rotatable bonds is 9. The van der Waals surface area contributed by atoms with Crippen molar-refractivity contribution in [1.82, 2.24) is 0 Å². The van der Waals surface area contributed by atoms with Crippen molar-refractivity contribution in [3.05, 3.63) is 29.8 Å². The molecule has 1 unspecified atom stereocenters. The lowest BCUT2D eigenvalue weighted by molar-refractivity contribution is 0.525. The van der Waals surface area contributed by atoms with Crippen LogP contribution in [0, 0.1) is 0 Å². The van der Waals surface area contributed by atoms with Crippen LogP contribution in [0.1, 0.15) is 51.0 Å². The van der Waals surface area contributed by atoms with E-state index in [1.807, 2.05) is 12.1 Å². The van der Waals surface area contributed by atoms with Gasteiger partial charge < -0.3 is 0 Å². The molecule has 1 rings (SSSR count). The monoisotopic (exact) mass is 253 g/mol. The largest absolute Gasteiger partial charge is 0.542 e. The Bertz CT molecular complexity index is 309. The minimum Gasteiger partial charge on any atom is -0.256 e. The first kappa shape index (κ1) is 14.2. The highest BCUT2D eigenvalue weighted by molar-refractivity contribution is 7.17. The molecule has 0 saturated carbocycles. The Morgan fingerprint density at radius 3 is 2.29 bits per heavy atom. The fourth-order valence-electron chi connectivity index (χ4n) is 1.88. The summed E-state index contributed by atoms with van der Waals surface area (Å²) in [4.78, 5) is 0. The third-order valence-electron chi connectivity index (χ3n) is 2.90. The van der Waals surface area contributed by atoms with Crippen LogP contribution >= 0.6 is 8.69 Å². The summed E-state index contributed by atoms with van der Waals surface area (Å²) < 4.78 is 15.2. The zero-order chi connectivity index (χ0) is 12.3. The van der Waals surface area contributed by atoms with E-state index in [1.54, 1.807) is 0 Å². The predicted molar refractivity (Wildman–Crippen MR) is 73.2 cm³/mol. The average molecular weight is 253 g/mol. The zero-order valence-electron chi connectivity index (χ0n) is 10.6. The van der Waals surface area contributed by atoms with Crippen molar-refractivity contribution in [3.8, 4) is 5.75 Å². The molecule has 17 heavy (non-hydrogen) atoms. The molecule has 94 valence electrons. The van der Waals surface area contributed by atoms with Gasteiger partial charge in [0.1, 0.15) is 0 Å². The third kappa shape index (κ3) is 6.43. The summed E-state index contributed by atoms with van der Waals surface area (Å²) in [5.74, 6) is 0.685. The van der Waals surface area contributed by atoms with Gasteiger partial charge in [0.25, 0.3) is 0 Å². The van der Waals surface area contributed by atoms with Crippen molar-refractivity contribution < 1.29 is 9.09 Å². The fraction of sp³-hybridized carbons (Fsp3) is 0.571. The van der Waals surface area contributed by atoms with Crippen molar-refractivity contribution in [3.63, 3.8) is 0 Å². The molecular formula is C14H22O2P+. The average Bonchev–Trinajstić information content (AvgIpc) is 2.36. The molecule has 0 aliphatic heterocycles. The molecule has 0 bridgehead atoms. The van der Waals surface area contributed by atoms with Gasteiger partial charge in [0.05, 0.1) is 0 Å². The highest BCUT2D eigenvalue weighted by Gasteiger charge is 1.99. The molecule has 0 aromatic heterocycles. The smallest absolute Gasteiger partial charge is 0.256 e. The summed E-state index contributed by atoms with van der Waals surface area (Å²) in [6, 6.07) is 7.89. The number of unbranched alkanes of at least 4 members (excludes halogenated alkanes) is 5. The maximum absolute atomic E-state index is 10.3. The Labute approximate surface area is 106 Å². The molecule has 0 fully saturated rings. The summed E-state index contributed by atoms with van der Waals surface area (Å²) in [7, 11) is -0.717. The molecule has 3 heteroatoms. The molecule has 0 spiro atoms. The van der Waals surface area contributed by atoms with E-state index in [0.717, 1.165) is 6.42 Å². The van der Waals surface area contributed by atoms with Crippen molar-refractivity contribution in [2.24, 2.45) is 0 Å². The second-order valence-corrected chi connectivity index (χ2v) is 4.72. The normalized spacial score (nSPS) is 10.6. The Morgan fingerprint density at radius 2 is 1.65 bits per heavy atom. The Kier molecular flexibility index (Phi) is 7.66. The van der Waals surface area contributed by atoms with E-state index >= 15 is 0 Å². The maximum atomic E-state index is 10.3. The molecule has 1 aromatic carbocycles. The second kappa shape index (κ2) is 9.18. The van der Waals surface area contributed by atoms with Crippen LogP contribution in [-0.4, -0.2) is 0 Å². The van der Waals surface area contributed by atoms with Gasteiger partial charge in [-0.15, -0.1) is 0 Å². The Hall–Kier alpha value is -0.880. The van der Waals surface area contributed by atoms with Crippen molar-refractivity contribution >= 4 is 8.69 Å². The van der Waals surface area contributed by atoms with E-state index in [9.17, 15) is 4.57 Å². The summed E-state index contributed by atoms with van der Waals surface area (Å²) in [6.07, 6.45) is 9.10. The molecule has 1 atom stereocenters. The number of hydrogen-bond acceptors (Lipinski definition) is 2. The summed E-state index contributed by atoms with van der Waals surface area (Å²) in [6.45, 7) is 2.24. The van der Waals surface area contributed by atoms with E-state index in [-0.39, 0.29) is 0 Å². The van der Waals surface area contributed by atoms with E-state index < -0.39 is 8.69 Å². The first-order valence-electron chi connectivity index (χ1n) is 6.49. The van der Waals surface area contributed by atoms with Gasteiger partial charge in [-0.1, -0.05) is 51.2 Å². The van der Waals surface area contributed by atoms with Gasteiger partial charge in [0.15, 0.2) is 5.75 Å². The SMILES string of the molecule is CCCCCCCCc1ccc(O[PH+]=O)cc1. The van der Waals surface area contributed by atoms with Crippen molar-refractivity contribution in [1.29, 1.82) is 0 Å². The minimum atomic E-state index is -0.717. The van der Waals surface area contributed by atoms with Crippen LogP contribution in [-0.2, 0) is 11.0 Å². The fourth-order valence-corrected chi connectivity index (χ4v) is 2.11. The first-order valence-corrected chi connectivity index (χ1v) is 7.31. The van der Waals surface area contributed by atoms with Crippen LogP contribution in [0.4, 0.5) is 0 Å². The van der Waals surface area contributed by atoms with Crippen molar-refractivity contribution in [2.75, 3.05) is 0 Å². The van der Waals surface area contributed by atoms with Gasteiger partial charge in [-0.3, -0.25) is 4.52 Å². The Balaban J connectivity index is 2.16. The van der Waals surface area contributed by atoms with E-state index in [1.165, 1.54) is 44.1 Å². The predicted octanol–water partition coefficient (Wildman–Crippen LogP) is 4.91. The summed E-state index contributed by atoms with van der Waals surface area (Å²) in [5.41, 5.74) is 1.34. The third-order valence-corrected chi connectivity index (χ3v) is 3.22. The highest BCUT2D eigenvalue weighted by Crippen LogP contribution is 2.17. The standard InChI is InChI=1S/C14H22O2P/c1-2-3-4-5-6-7-8-13-9-11-14(12-10-13)16-17-15/h9-12,17H,2-8H2,1H3/q+1. The molecule has 0 amide bonds. The van der Waals surface area contributed by atoms with Crippen LogP contribution in [0.25, 0.3) is 0 Å². The van der Waals surface area contributed by atoms with Gasteiger partial charge in [-0.05, 0) is 35.1 Å². The van der Waals surface area contributed by atoms with Gasteiger partial charge in [-0.25, -0.2) is 0 Å². The van der Waals surface area contributed by atoms with Gasteiger partial charge in [0, 0.05) is 0 Å². The van der Waals surface area contributed by atoms with E-state index in [0.29, 0.717) is 5.75 Å². The molecule has 0 N–H and O–H groups in total. The van der Waals surface area contributed by atoms with Crippen molar-refractivity contribution in [2.45, 2.75) is 51.9 Å². The topological polar surface area (TPSA) is 26.3 Å². The summed E-state index contributed by atoms with van der Waals surface area (Å²) >= 11 is 0. The first-order chi connectivity index (χ1) is 8.36. The molecule has 0 aliphatic carbocycles. The van der Waals surface area contributed by atoms with Gasteiger partial charge in [0.2, 0.25) is 0 Å². The maximum Gasteiger partial charge on any atom is 0.542 e. The van der Waals surface area contributed by atoms with Crippen LogP contribution in [0.3, 0.4) is 0 Å². The molecule has 1 aromatic rings. The lowest BCUT2D eigenvalue weighted by Gasteiger charge is -2.02. The van der Waals surface area contributed by atoms with Crippen LogP contribution < -0.4 is 4.52 Å². The summed E-state index contributed by atoms with van der Waals surface area (Å²) in [5, 5.41) is 0. The van der Waals surface area contributed by atoms with Crippen LogP contribution in [0.15, 0.2) is 24.3 Å². The molecule has 0 radical (unpaired) electrons. The molecular weight excluding hydrogens is 231 g/mol. The Morgan fingerprint density at radius 1 is 1.00 bits per heavy atom. The van der Waals surface area contributed by atoms with Crippen LogP contribution in [0.2, 0.25) is 0 Å². The highest BCUT2D eigenvalue weighted by atomic mass is 31.1. The number of aryl methyl sites for hydroxylation is 1. The minimum absolute atomic E-state index is 0.685. The quantitative estimate of drug-likeness (QED) is 0.462.